The molecule has 0 saturated heterocycles. The normalized spacial score (nSPS) is 16.1. The van der Waals surface area contributed by atoms with E-state index < -0.39 is 10.7 Å². The second kappa shape index (κ2) is 3.58. The van der Waals surface area contributed by atoms with Gasteiger partial charge < -0.3 is 4.90 Å². The lowest BCUT2D eigenvalue weighted by Crippen LogP contribution is -2.27. The van der Waals surface area contributed by atoms with Crippen molar-refractivity contribution in [3.63, 3.8) is 0 Å². The van der Waals surface area contributed by atoms with Gasteiger partial charge in [0.25, 0.3) is 5.69 Å². The molecule has 4 nitrogen and oxygen atoms in total. The van der Waals surface area contributed by atoms with Crippen molar-refractivity contribution < 1.29 is 9.31 Å². The number of hydrogen-bond donors (Lipinski definition) is 0. The maximum Gasteiger partial charge on any atom is 0.272 e. The number of rotatable bonds is 1. The van der Waals surface area contributed by atoms with Gasteiger partial charge in [-0.15, -0.1) is 0 Å². The van der Waals surface area contributed by atoms with E-state index >= 15 is 0 Å². The number of nitro groups is 1. The number of fused-ring (bicyclic) bond motifs is 1. The number of non-ortho nitro benzene ring substituents is 1. The first-order valence-electron chi connectivity index (χ1n) is 4.72. The second-order valence-corrected chi connectivity index (χ2v) is 3.81. The van der Waals surface area contributed by atoms with Crippen LogP contribution in [0, 0.1) is 15.9 Å². The van der Waals surface area contributed by atoms with Gasteiger partial charge in [0.2, 0.25) is 0 Å². The molecule has 1 heterocycles. The number of nitrogens with zero attached hydrogens (tertiary/aromatic N) is 2. The van der Waals surface area contributed by atoms with Gasteiger partial charge >= 0.3 is 0 Å². The van der Waals surface area contributed by atoms with E-state index in [0.29, 0.717) is 18.5 Å². The number of halogens is 1. The Balaban J connectivity index is 2.48. The Hall–Kier alpha value is -1.49. The summed E-state index contributed by atoms with van der Waals surface area (Å²) < 4.78 is 13.5. The molecule has 0 N–H and O–H groups in total. The zero-order valence-electron chi connectivity index (χ0n) is 8.36. The van der Waals surface area contributed by atoms with Crippen molar-refractivity contribution in [1.82, 2.24) is 4.90 Å². The highest BCUT2D eigenvalue weighted by Gasteiger charge is 2.20. The molecule has 1 aromatic carbocycles. The van der Waals surface area contributed by atoms with Crippen LogP contribution in [0.5, 0.6) is 0 Å². The molecular formula is C10H11FN2O2. The van der Waals surface area contributed by atoms with E-state index in [1.807, 2.05) is 11.9 Å². The molecule has 0 spiro atoms. The summed E-state index contributed by atoms with van der Waals surface area (Å²) >= 11 is 0. The minimum Gasteiger partial charge on any atom is -0.302 e. The molecule has 0 atom stereocenters. The van der Waals surface area contributed by atoms with Crippen molar-refractivity contribution in [2.45, 2.75) is 13.0 Å². The van der Waals surface area contributed by atoms with Crippen molar-refractivity contribution >= 4 is 5.69 Å². The van der Waals surface area contributed by atoms with E-state index in [-0.39, 0.29) is 5.69 Å². The minimum atomic E-state index is -0.558. The van der Waals surface area contributed by atoms with Crippen LogP contribution in [-0.2, 0) is 13.0 Å². The number of hydrogen-bond acceptors (Lipinski definition) is 3. The van der Waals surface area contributed by atoms with Crippen LogP contribution in [-0.4, -0.2) is 23.4 Å². The molecule has 0 saturated carbocycles. The van der Waals surface area contributed by atoms with Crippen LogP contribution in [0.1, 0.15) is 11.1 Å². The molecule has 80 valence electrons. The van der Waals surface area contributed by atoms with Crippen molar-refractivity contribution in [2.24, 2.45) is 0 Å². The second-order valence-electron chi connectivity index (χ2n) is 3.81. The smallest absolute Gasteiger partial charge is 0.272 e. The molecule has 0 radical (unpaired) electrons. The number of benzene rings is 1. The summed E-state index contributed by atoms with van der Waals surface area (Å²) in [6, 6.07) is 2.47. The number of nitro benzene ring substituents is 1. The number of likely N-dealkylation sites (N-methyl/N-ethyl adjacent to an activating group) is 1. The van der Waals surface area contributed by atoms with Crippen LogP contribution >= 0.6 is 0 Å². The molecule has 15 heavy (non-hydrogen) atoms. The van der Waals surface area contributed by atoms with Gasteiger partial charge in [0, 0.05) is 19.2 Å². The fourth-order valence-corrected chi connectivity index (χ4v) is 1.88. The maximum absolute atomic E-state index is 13.5. The predicted octanol–water partition coefficient (Wildman–Crippen LogP) is 1.72. The summed E-state index contributed by atoms with van der Waals surface area (Å²) in [5.41, 5.74) is 1.19. The molecule has 5 heteroatoms. The summed E-state index contributed by atoms with van der Waals surface area (Å²) in [5.74, 6) is -0.452. The van der Waals surface area contributed by atoms with Gasteiger partial charge in [-0.2, -0.15) is 0 Å². The SMILES string of the molecule is CN1CCc2c(F)cc([N+](=O)[O-])cc2C1. The highest BCUT2D eigenvalue weighted by atomic mass is 19.1. The third-order valence-corrected chi connectivity index (χ3v) is 2.67. The first-order valence-corrected chi connectivity index (χ1v) is 4.72. The average Bonchev–Trinajstić information content (AvgIpc) is 2.16. The topological polar surface area (TPSA) is 46.4 Å². The standard InChI is InChI=1S/C10H11FN2O2/c1-12-3-2-9-7(6-12)4-8(13(14)15)5-10(9)11/h4-5H,2-3,6H2,1H3. The first kappa shape index (κ1) is 10.0. The van der Waals surface area contributed by atoms with Crippen LogP contribution in [0.25, 0.3) is 0 Å². The lowest BCUT2D eigenvalue weighted by molar-refractivity contribution is -0.385. The molecule has 1 aromatic rings. The van der Waals surface area contributed by atoms with Gasteiger partial charge in [0.15, 0.2) is 0 Å². The Morgan fingerprint density at radius 3 is 2.93 bits per heavy atom. The maximum atomic E-state index is 13.5. The quantitative estimate of drug-likeness (QED) is 0.523. The van der Waals surface area contributed by atoms with E-state index in [1.54, 1.807) is 0 Å². The highest BCUT2D eigenvalue weighted by Crippen LogP contribution is 2.26. The molecule has 0 fully saturated rings. The van der Waals surface area contributed by atoms with Crippen LogP contribution in [0.15, 0.2) is 12.1 Å². The van der Waals surface area contributed by atoms with Crippen LogP contribution < -0.4 is 0 Å². The zero-order valence-corrected chi connectivity index (χ0v) is 8.36. The molecule has 0 aliphatic carbocycles. The molecular weight excluding hydrogens is 199 g/mol. The largest absolute Gasteiger partial charge is 0.302 e. The molecule has 0 amide bonds. The molecule has 0 bridgehead atoms. The Labute approximate surface area is 86.5 Å². The fraction of sp³-hybridized carbons (Fsp3) is 0.400. The van der Waals surface area contributed by atoms with Crippen LogP contribution in [0.4, 0.5) is 10.1 Å². The third-order valence-electron chi connectivity index (χ3n) is 2.67. The van der Waals surface area contributed by atoms with Gasteiger partial charge in [0.1, 0.15) is 5.82 Å². The fourth-order valence-electron chi connectivity index (χ4n) is 1.88. The molecule has 0 aromatic heterocycles. The van der Waals surface area contributed by atoms with E-state index in [4.69, 9.17) is 0 Å². The third kappa shape index (κ3) is 1.83. The Bertz CT molecular complexity index is 420. The van der Waals surface area contributed by atoms with Gasteiger partial charge in [0.05, 0.1) is 11.0 Å². The van der Waals surface area contributed by atoms with Crippen LogP contribution in [0.3, 0.4) is 0 Å². The van der Waals surface area contributed by atoms with Crippen molar-refractivity contribution in [1.29, 1.82) is 0 Å². The lowest BCUT2D eigenvalue weighted by atomic mass is 9.99. The van der Waals surface area contributed by atoms with Gasteiger partial charge in [-0.05, 0) is 24.6 Å². The van der Waals surface area contributed by atoms with E-state index in [0.717, 1.165) is 18.2 Å². The summed E-state index contributed by atoms with van der Waals surface area (Å²) in [6.45, 7) is 1.37. The molecule has 1 aliphatic rings. The van der Waals surface area contributed by atoms with Gasteiger partial charge in [-0.3, -0.25) is 10.1 Å². The monoisotopic (exact) mass is 210 g/mol. The first-order chi connectivity index (χ1) is 7.08. The summed E-state index contributed by atoms with van der Waals surface area (Å²) in [5, 5.41) is 10.5. The Kier molecular flexibility index (Phi) is 2.40. The highest BCUT2D eigenvalue weighted by molar-refractivity contribution is 5.42. The lowest BCUT2D eigenvalue weighted by Gasteiger charge is -2.24. The van der Waals surface area contributed by atoms with Crippen molar-refractivity contribution in [2.75, 3.05) is 13.6 Å². The van der Waals surface area contributed by atoms with Crippen LogP contribution in [0.2, 0.25) is 0 Å². The van der Waals surface area contributed by atoms with Crippen molar-refractivity contribution in [3.05, 3.63) is 39.2 Å². The van der Waals surface area contributed by atoms with Gasteiger partial charge in [-0.1, -0.05) is 0 Å². The van der Waals surface area contributed by atoms with Gasteiger partial charge in [-0.25, -0.2) is 4.39 Å². The van der Waals surface area contributed by atoms with Crippen molar-refractivity contribution in [3.8, 4) is 0 Å². The molecule has 2 rings (SSSR count). The minimum absolute atomic E-state index is 0.165. The average molecular weight is 210 g/mol. The zero-order chi connectivity index (χ0) is 11.0. The summed E-state index contributed by atoms with van der Waals surface area (Å²) in [7, 11) is 1.92. The molecule has 0 unspecified atom stereocenters. The van der Waals surface area contributed by atoms with E-state index in [2.05, 4.69) is 0 Å². The summed E-state index contributed by atoms with van der Waals surface area (Å²) in [4.78, 5) is 12.0. The Morgan fingerprint density at radius 2 is 2.27 bits per heavy atom. The van der Waals surface area contributed by atoms with E-state index in [1.165, 1.54) is 6.07 Å². The predicted molar refractivity (Wildman–Crippen MR) is 53.1 cm³/mol. The Morgan fingerprint density at radius 1 is 1.53 bits per heavy atom. The molecule has 1 aliphatic heterocycles. The summed E-state index contributed by atoms with van der Waals surface area (Å²) in [6.07, 6.45) is 0.621. The van der Waals surface area contributed by atoms with E-state index in [9.17, 15) is 14.5 Å².